The first-order chi connectivity index (χ1) is 17.7. The predicted molar refractivity (Wildman–Crippen MR) is 140 cm³/mol. The fourth-order valence-electron chi connectivity index (χ4n) is 4.75. The molecular formula is C31H25NO4. The smallest absolute Gasteiger partial charge is 0.335 e. The van der Waals surface area contributed by atoms with Crippen molar-refractivity contribution < 1.29 is 19.4 Å². The highest BCUT2D eigenvalue weighted by Crippen LogP contribution is 2.35. The molecule has 1 aromatic heterocycles. The van der Waals surface area contributed by atoms with Gasteiger partial charge in [0.25, 0.3) is 0 Å². The van der Waals surface area contributed by atoms with Gasteiger partial charge in [0.15, 0.2) is 6.29 Å². The van der Waals surface area contributed by atoms with Gasteiger partial charge in [-0.15, -0.1) is 0 Å². The molecule has 1 heterocycles. The van der Waals surface area contributed by atoms with Crippen LogP contribution in [-0.2, 0) is 6.42 Å². The van der Waals surface area contributed by atoms with E-state index in [1.807, 2.05) is 54.6 Å². The van der Waals surface area contributed by atoms with Gasteiger partial charge in [0.1, 0.15) is 5.75 Å². The summed E-state index contributed by atoms with van der Waals surface area (Å²) in [6.07, 6.45) is 1.47. The van der Waals surface area contributed by atoms with Crippen molar-refractivity contribution in [3.63, 3.8) is 0 Å². The maximum absolute atomic E-state index is 12.6. The molecule has 0 saturated heterocycles. The van der Waals surface area contributed by atoms with Crippen molar-refractivity contribution in [3.8, 4) is 5.75 Å². The van der Waals surface area contributed by atoms with E-state index in [1.165, 1.54) is 12.1 Å². The molecule has 1 N–H and O–H groups in total. The Morgan fingerprint density at radius 2 is 1.39 bits per heavy atom. The lowest BCUT2D eigenvalue weighted by atomic mass is 9.98. The molecular weight excluding hydrogens is 450 g/mol. The first kappa shape index (κ1) is 23.1. The van der Waals surface area contributed by atoms with E-state index in [0.717, 1.165) is 33.9 Å². The molecule has 4 aromatic carbocycles. The fourth-order valence-corrected chi connectivity index (χ4v) is 4.75. The van der Waals surface area contributed by atoms with E-state index in [1.54, 1.807) is 12.1 Å². The lowest BCUT2D eigenvalue weighted by Gasteiger charge is -2.23. The van der Waals surface area contributed by atoms with Crippen molar-refractivity contribution in [3.05, 3.63) is 137 Å². The van der Waals surface area contributed by atoms with Gasteiger partial charge in [-0.2, -0.15) is 0 Å². The number of aldehydes is 1. The Balaban J connectivity index is 1.55. The lowest BCUT2D eigenvalue weighted by Crippen LogP contribution is -2.15. The number of fused-ring (bicyclic) bond motifs is 1. The normalized spacial score (nSPS) is 11.0. The van der Waals surface area contributed by atoms with Gasteiger partial charge in [-0.3, -0.25) is 4.79 Å². The second kappa shape index (κ2) is 10.3. The van der Waals surface area contributed by atoms with Gasteiger partial charge in [-0.1, -0.05) is 78.9 Å². The van der Waals surface area contributed by atoms with Gasteiger partial charge in [0.2, 0.25) is 0 Å². The molecule has 5 rings (SSSR count). The number of aromatic nitrogens is 1. The van der Waals surface area contributed by atoms with Crippen LogP contribution in [0.5, 0.6) is 5.75 Å². The van der Waals surface area contributed by atoms with E-state index >= 15 is 0 Å². The molecule has 0 aliphatic heterocycles. The largest absolute Gasteiger partial charge is 0.493 e. The lowest BCUT2D eigenvalue weighted by molar-refractivity contribution is 0.0696. The van der Waals surface area contributed by atoms with E-state index < -0.39 is 5.97 Å². The zero-order chi connectivity index (χ0) is 24.9. The van der Waals surface area contributed by atoms with Gasteiger partial charge in [0, 0.05) is 17.3 Å². The highest BCUT2D eigenvalue weighted by atomic mass is 16.5. The number of ether oxygens (including phenoxy) is 1. The molecule has 0 amide bonds. The highest BCUT2D eigenvalue weighted by molar-refractivity contribution is 5.94. The number of carboxylic acid groups (broad SMARTS) is 1. The third kappa shape index (κ3) is 4.51. The van der Waals surface area contributed by atoms with Gasteiger partial charge < -0.3 is 14.4 Å². The summed E-state index contributed by atoms with van der Waals surface area (Å²) in [5.74, 6) is -0.390. The number of nitrogens with zero attached hydrogens (tertiary/aromatic N) is 1. The minimum Gasteiger partial charge on any atom is -0.493 e. The summed E-state index contributed by atoms with van der Waals surface area (Å²) in [5.41, 5.74) is 4.93. The third-order valence-corrected chi connectivity index (χ3v) is 6.38. The standard InChI is InChI=1S/C31H25NO4/c33-21-29-27(19-20-36-25-17-15-24(16-18-25)31(34)35)26-13-7-8-14-28(26)32(29)30(22-9-3-1-4-10-22)23-11-5-2-6-12-23/h1-18,21,30H,19-20H2,(H,34,35). The number of carbonyl (C=O) groups is 2. The fraction of sp³-hybridized carbons (Fsp3) is 0.0968. The number of carboxylic acids is 1. The SMILES string of the molecule is O=Cc1c(CCOc2ccc(C(=O)O)cc2)c2ccccc2n1C(c1ccccc1)c1ccccc1. The Labute approximate surface area is 209 Å². The Morgan fingerprint density at radius 1 is 0.806 bits per heavy atom. The number of para-hydroxylation sites is 1. The summed E-state index contributed by atoms with van der Waals surface area (Å²) in [5, 5.41) is 10.1. The van der Waals surface area contributed by atoms with Gasteiger partial charge >= 0.3 is 5.97 Å². The number of carbonyl (C=O) groups excluding carboxylic acids is 1. The zero-order valence-electron chi connectivity index (χ0n) is 19.6. The number of hydrogen-bond acceptors (Lipinski definition) is 3. The van der Waals surface area contributed by atoms with Crippen LogP contribution in [0.4, 0.5) is 0 Å². The van der Waals surface area contributed by atoms with Crippen LogP contribution in [0.3, 0.4) is 0 Å². The second-order valence-electron chi connectivity index (χ2n) is 8.52. The van der Waals surface area contributed by atoms with Crippen molar-refractivity contribution in [2.24, 2.45) is 0 Å². The maximum atomic E-state index is 12.6. The monoisotopic (exact) mass is 475 g/mol. The summed E-state index contributed by atoms with van der Waals surface area (Å²) >= 11 is 0. The molecule has 0 aliphatic rings. The van der Waals surface area contributed by atoms with Crippen LogP contribution in [-0.4, -0.2) is 28.5 Å². The summed E-state index contributed by atoms with van der Waals surface area (Å²) in [7, 11) is 0. The Kier molecular flexibility index (Phi) is 6.63. The number of rotatable bonds is 9. The molecule has 0 atom stereocenters. The van der Waals surface area contributed by atoms with Crippen LogP contribution in [0.15, 0.2) is 109 Å². The van der Waals surface area contributed by atoms with Gasteiger partial charge in [-0.25, -0.2) is 4.79 Å². The quantitative estimate of drug-likeness (QED) is 0.250. The van der Waals surface area contributed by atoms with E-state index in [9.17, 15) is 9.59 Å². The molecule has 0 radical (unpaired) electrons. The van der Waals surface area contributed by atoms with E-state index in [2.05, 4.69) is 34.9 Å². The molecule has 0 bridgehead atoms. The summed E-state index contributed by atoms with van der Waals surface area (Å²) in [4.78, 5) is 23.7. The average molecular weight is 476 g/mol. The Morgan fingerprint density at radius 3 is 1.97 bits per heavy atom. The van der Waals surface area contributed by atoms with Crippen LogP contribution >= 0.6 is 0 Å². The van der Waals surface area contributed by atoms with Crippen molar-refractivity contribution >= 4 is 23.2 Å². The van der Waals surface area contributed by atoms with E-state index in [0.29, 0.717) is 24.5 Å². The van der Waals surface area contributed by atoms with Crippen LogP contribution in [0.2, 0.25) is 0 Å². The minimum absolute atomic E-state index is 0.171. The molecule has 178 valence electrons. The van der Waals surface area contributed by atoms with Crippen LogP contribution in [0.25, 0.3) is 10.9 Å². The molecule has 5 aromatic rings. The maximum Gasteiger partial charge on any atom is 0.335 e. The van der Waals surface area contributed by atoms with Crippen molar-refractivity contribution in [2.75, 3.05) is 6.61 Å². The molecule has 0 unspecified atom stereocenters. The van der Waals surface area contributed by atoms with Crippen molar-refractivity contribution in [1.82, 2.24) is 4.57 Å². The van der Waals surface area contributed by atoms with E-state index in [-0.39, 0.29) is 11.6 Å². The van der Waals surface area contributed by atoms with E-state index in [4.69, 9.17) is 9.84 Å². The molecule has 0 fully saturated rings. The average Bonchev–Trinajstić information content (AvgIpc) is 3.23. The first-order valence-corrected chi connectivity index (χ1v) is 11.8. The molecule has 36 heavy (non-hydrogen) atoms. The molecule has 0 saturated carbocycles. The molecule has 0 aliphatic carbocycles. The Bertz CT molecular complexity index is 1450. The van der Waals surface area contributed by atoms with Crippen LogP contribution < -0.4 is 4.74 Å². The number of hydrogen-bond donors (Lipinski definition) is 1. The topological polar surface area (TPSA) is 68.5 Å². The summed E-state index contributed by atoms with van der Waals surface area (Å²) < 4.78 is 8.04. The highest BCUT2D eigenvalue weighted by Gasteiger charge is 2.25. The van der Waals surface area contributed by atoms with Crippen molar-refractivity contribution in [1.29, 1.82) is 0 Å². The summed E-state index contributed by atoms with van der Waals surface area (Å²) in [6, 6.07) is 34.6. The van der Waals surface area contributed by atoms with Crippen molar-refractivity contribution in [2.45, 2.75) is 12.5 Å². The molecule has 5 nitrogen and oxygen atoms in total. The Hall–Kier alpha value is -4.64. The van der Waals surface area contributed by atoms with Crippen LogP contribution in [0, 0.1) is 0 Å². The minimum atomic E-state index is -0.976. The first-order valence-electron chi connectivity index (χ1n) is 11.8. The predicted octanol–water partition coefficient (Wildman–Crippen LogP) is 6.41. The number of aromatic carboxylic acids is 1. The van der Waals surface area contributed by atoms with Gasteiger partial charge in [-0.05, 0) is 47.0 Å². The third-order valence-electron chi connectivity index (χ3n) is 6.38. The molecule has 5 heteroatoms. The number of benzene rings is 4. The van der Waals surface area contributed by atoms with Crippen LogP contribution in [0.1, 0.15) is 43.6 Å². The van der Waals surface area contributed by atoms with Gasteiger partial charge in [0.05, 0.1) is 23.9 Å². The molecule has 0 spiro atoms. The second-order valence-corrected chi connectivity index (χ2v) is 8.52. The summed E-state index contributed by atoms with van der Waals surface area (Å²) in [6.45, 7) is 0.350. The zero-order valence-corrected chi connectivity index (χ0v) is 19.6.